The minimum atomic E-state index is -0.543. The van der Waals surface area contributed by atoms with Crippen LogP contribution >= 0.6 is 0 Å². The van der Waals surface area contributed by atoms with Crippen LogP contribution in [0.5, 0.6) is 0 Å². The number of hydrogen-bond acceptors (Lipinski definition) is 2. The first-order valence-corrected chi connectivity index (χ1v) is 7.22. The molecule has 0 aromatic heterocycles. The SMILES string of the molecule is C[C@@H](NC(=O)C1(N)CCC1)C1CCCCCC1. The molecule has 3 N–H and O–H groups in total. The van der Waals surface area contributed by atoms with Crippen molar-refractivity contribution in [3.63, 3.8) is 0 Å². The van der Waals surface area contributed by atoms with Crippen molar-refractivity contribution in [2.45, 2.75) is 76.3 Å². The van der Waals surface area contributed by atoms with E-state index >= 15 is 0 Å². The van der Waals surface area contributed by atoms with Crippen LogP contribution in [0, 0.1) is 5.92 Å². The van der Waals surface area contributed by atoms with E-state index in [4.69, 9.17) is 5.73 Å². The van der Waals surface area contributed by atoms with Gasteiger partial charge in [-0.2, -0.15) is 0 Å². The maximum atomic E-state index is 12.0. The van der Waals surface area contributed by atoms with Crippen LogP contribution in [-0.4, -0.2) is 17.5 Å². The van der Waals surface area contributed by atoms with Crippen LogP contribution in [0.25, 0.3) is 0 Å². The fraction of sp³-hybridized carbons (Fsp3) is 0.929. The average molecular weight is 238 g/mol. The van der Waals surface area contributed by atoms with Gasteiger partial charge < -0.3 is 11.1 Å². The molecule has 0 unspecified atom stereocenters. The largest absolute Gasteiger partial charge is 0.352 e. The lowest BCUT2D eigenvalue weighted by atomic mass is 9.76. The zero-order valence-corrected chi connectivity index (χ0v) is 11.0. The molecule has 0 aromatic rings. The van der Waals surface area contributed by atoms with E-state index in [1.54, 1.807) is 0 Å². The van der Waals surface area contributed by atoms with Crippen molar-refractivity contribution in [1.82, 2.24) is 5.32 Å². The third-order valence-electron chi connectivity index (χ3n) is 4.66. The summed E-state index contributed by atoms with van der Waals surface area (Å²) < 4.78 is 0. The summed E-state index contributed by atoms with van der Waals surface area (Å²) in [4.78, 5) is 12.0. The number of amides is 1. The molecule has 2 aliphatic carbocycles. The lowest BCUT2D eigenvalue weighted by Crippen LogP contribution is -2.60. The van der Waals surface area contributed by atoms with Crippen LogP contribution in [0.3, 0.4) is 0 Å². The number of nitrogens with one attached hydrogen (secondary N) is 1. The molecular formula is C14H26N2O. The summed E-state index contributed by atoms with van der Waals surface area (Å²) in [7, 11) is 0. The molecule has 17 heavy (non-hydrogen) atoms. The number of hydrogen-bond donors (Lipinski definition) is 2. The fourth-order valence-corrected chi connectivity index (χ4v) is 3.06. The van der Waals surface area contributed by atoms with Gasteiger partial charge in [0.1, 0.15) is 0 Å². The van der Waals surface area contributed by atoms with Gasteiger partial charge in [0.2, 0.25) is 5.91 Å². The minimum Gasteiger partial charge on any atom is -0.352 e. The van der Waals surface area contributed by atoms with Crippen molar-refractivity contribution in [3.05, 3.63) is 0 Å². The molecule has 98 valence electrons. The van der Waals surface area contributed by atoms with Gasteiger partial charge in [-0.05, 0) is 44.9 Å². The summed E-state index contributed by atoms with van der Waals surface area (Å²) in [5.41, 5.74) is 5.50. The van der Waals surface area contributed by atoms with Crippen molar-refractivity contribution in [1.29, 1.82) is 0 Å². The molecule has 0 radical (unpaired) electrons. The molecule has 3 heteroatoms. The molecule has 0 bridgehead atoms. The number of rotatable bonds is 3. The summed E-state index contributed by atoms with van der Waals surface area (Å²) in [5, 5.41) is 3.16. The molecule has 3 nitrogen and oxygen atoms in total. The van der Waals surface area contributed by atoms with Gasteiger partial charge in [0.05, 0.1) is 5.54 Å². The Kier molecular flexibility index (Phi) is 4.08. The van der Waals surface area contributed by atoms with E-state index in [0.29, 0.717) is 12.0 Å². The molecule has 2 aliphatic rings. The highest BCUT2D eigenvalue weighted by Gasteiger charge is 2.40. The monoisotopic (exact) mass is 238 g/mol. The number of carbonyl (C=O) groups excluding carboxylic acids is 1. The van der Waals surface area contributed by atoms with Crippen molar-refractivity contribution in [3.8, 4) is 0 Å². The molecule has 0 aliphatic heterocycles. The van der Waals surface area contributed by atoms with E-state index < -0.39 is 5.54 Å². The van der Waals surface area contributed by atoms with E-state index in [2.05, 4.69) is 12.2 Å². The van der Waals surface area contributed by atoms with Gasteiger partial charge in [0, 0.05) is 6.04 Å². The Morgan fingerprint density at radius 3 is 2.24 bits per heavy atom. The van der Waals surface area contributed by atoms with Crippen LogP contribution in [0.1, 0.15) is 64.7 Å². The summed E-state index contributed by atoms with van der Waals surface area (Å²) in [6, 6.07) is 0.293. The molecule has 2 saturated carbocycles. The molecule has 0 spiro atoms. The van der Waals surface area contributed by atoms with Crippen LogP contribution in [0.4, 0.5) is 0 Å². The Morgan fingerprint density at radius 2 is 1.76 bits per heavy atom. The summed E-state index contributed by atoms with van der Waals surface area (Å²) in [6.45, 7) is 2.15. The first kappa shape index (κ1) is 12.9. The normalized spacial score (nSPS) is 26.7. The van der Waals surface area contributed by atoms with Crippen LogP contribution < -0.4 is 11.1 Å². The van der Waals surface area contributed by atoms with Gasteiger partial charge in [-0.1, -0.05) is 25.7 Å². The highest BCUT2D eigenvalue weighted by Crippen LogP contribution is 2.30. The lowest BCUT2D eigenvalue weighted by Gasteiger charge is -2.38. The molecule has 0 aromatic carbocycles. The number of carbonyl (C=O) groups is 1. The van der Waals surface area contributed by atoms with Crippen LogP contribution in [0.15, 0.2) is 0 Å². The lowest BCUT2D eigenvalue weighted by molar-refractivity contribution is -0.130. The van der Waals surface area contributed by atoms with E-state index in [9.17, 15) is 4.79 Å². The summed E-state index contributed by atoms with van der Waals surface area (Å²) in [6.07, 6.45) is 10.7. The van der Waals surface area contributed by atoms with E-state index in [-0.39, 0.29) is 5.91 Å². The second kappa shape index (κ2) is 5.38. The van der Waals surface area contributed by atoms with Gasteiger partial charge in [0.25, 0.3) is 0 Å². The van der Waals surface area contributed by atoms with E-state index in [1.807, 2.05) is 0 Å². The Bertz CT molecular complexity index is 265. The fourth-order valence-electron chi connectivity index (χ4n) is 3.06. The second-order valence-corrected chi connectivity index (χ2v) is 6.02. The third-order valence-corrected chi connectivity index (χ3v) is 4.66. The quantitative estimate of drug-likeness (QED) is 0.742. The van der Waals surface area contributed by atoms with E-state index in [0.717, 1.165) is 19.3 Å². The maximum absolute atomic E-state index is 12.0. The highest BCUT2D eigenvalue weighted by molar-refractivity contribution is 5.87. The third kappa shape index (κ3) is 3.01. The van der Waals surface area contributed by atoms with Crippen molar-refractivity contribution in [2.24, 2.45) is 11.7 Å². The van der Waals surface area contributed by atoms with Crippen LogP contribution in [-0.2, 0) is 4.79 Å². The first-order valence-electron chi connectivity index (χ1n) is 7.22. The Balaban J connectivity index is 1.82. The summed E-state index contributed by atoms with van der Waals surface area (Å²) >= 11 is 0. The predicted octanol–water partition coefficient (Wildman–Crippen LogP) is 2.34. The zero-order chi connectivity index (χ0) is 12.3. The number of nitrogens with two attached hydrogens (primary N) is 1. The summed E-state index contributed by atoms with van der Waals surface area (Å²) in [5.74, 6) is 0.741. The topological polar surface area (TPSA) is 55.1 Å². The maximum Gasteiger partial charge on any atom is 0.240 e. The van der Waals surface area contributed by atoms with Gasteiger partial charge in [-0.25, -0.2) is 0 Å². The predicted molar refractivity (Wildman–Crippen MR) is 69.6 cm³/mol. The molecule has 2 rings (SSSR count). The molecular weight excluding hydrogens is 212 g/mol. The van der Waals surface area contributed by atoms with Gasteiger partial charge >= 0.3 is 0 Å². The minimum absolute atomic E-state index is 0.0838. The smallest absolute Gasteiger partial charge is 0.240 e. The molecule has 1 atom stereocenters. The van der Waals surface area contributed by atoms with Gasteiger partial charge in [-0.15, -0.1) is 0 Å². The molecule has 2 fully saturated rings. The zero-order valence-electron chi connectivity index (χ0n) is 11.0. The standard InChI is InChI=1S/C14H26N2O/c1-11(12-7-4-2-3-5-8-12)16-13(17)14(15)9-6-10-14/h11-12H,2-10,15H2,1H3,(H,16,17)/t11-/m1/s1. The molecule has 0 saturated heterocycles. The van der Waals surface area contributed by atoms with Crippen molar-refractivity contribution < 1.29 is 4.79 Å². The van der Waals surface area contributed by atoms with Crippen molar-refractivity contribution in [2.75, 3.05) is 0 Å². The average Bonchev–Trinajstić information content (AvgIpc) is 2.54. The van der Waals surface area contributed by atoms with Crippen molar-refractivity contribution >= 4 is 5.91 Å². The Labute approximate surface area is 105 Å². The molecule has 0 heterocycles. The second-order valence-electron chi connectivity index (χ2n) is 6.02. The Morgan fingerprint density at radius 1 is 1.18 bits per heavy atom. The van der Waals surface area contributed by atoms with Gasteiger partial charge in [0.15, 0.2) is 0 Å². The first-order chi connectivity index (χ1) is 8.12. The van der Waals surface area contributed by atoms with Gasteiger partial charge in [-0.3, -0.25) is 4.79 Å². The highest BCUT2D eigenvalue weighted by atomic mass is 16.2. The molecule has 1 amide bonds. The van der Waals surface area contributed by atoms with Crippen LogP contribution in [0.2, 0.25) is 0 Å². The van der Waals surface area contributed by atoms with E-state index in [1.165, 1.54) is 38.5 Å². The Hall–Kier alpha value is -0.570.